The molecule has 6 aliphatic rings. The van der Waals surface area contributed by atoms with Gasteiger partial charge in [-0.1, -0.05) is 12.8 Å². The molecule has 3 saturated carbocycles. The van der Waals surface area contributed by atoms with E-state index in [1.54, 1.807) is 4.90 Å². The first kappa shape index (κ1) is 40.5. The molecular formula is C37H70N6O5. The summed E-state index contributed by atoms with van der Waals surface area (Å²) >= 11 is 0. The summed E-state index contributed by atoms with van der Waals surface area (Å²) in [5.74, 6) is 0.435. The van der Waals surface area contributed by atoms with Crippen LogP contribution in [-0.2, 0) is 14.3 Å². The zero-order valence-electron chi connectivity index (χ0n) is 31.5. The molecule has 11 heteroatoms. The molecule has 0 bridgehead atoms. The van der Waals surface area contributed by atoms with Crippen LogP contribution in [0.25, 0.3) is 0 Å². The molecule has 0 radical (unpaired) electrons. The van der Waals surface area contributed by atoms with Gasteiger partial charge in [0.2, 0.25) is 0 Å². The average Bonchev–Trinajstić information content (AvgIpc) is 3.45. The van der Waals surface area contributed by atoms with Gasteiger partial charge in [0.25, 0.3) is 0 Å². The zero-order valence-corrected chi connectivity index (χ0v) is 31.5. The van der Waals surface area contributed by atoms with Gasteiger partial charge in [0.05, 0.1) is 0 Å². The molecule has 2 amide bonds. The van der Waals surface area contributed by atoms with Gasteiger partial charge < -0.3 is 29.9 Å². The van der Waals surface area contributed by atoms with Crippen molar-refractivity contribution in [3.8, 4) is 0 Å². The van der Waals surface area contributed by atoms with E-state index in [-0.39, 0.29) is 12.2 Å². The topological polar surface area (TPSA) is 107 Å². The van der Waals surface area contributed by atoms with Crippen molar-refractivity contribution in [1.82, 2.24) is 30.2 Å². The van der Waals surface area contributed by atoms with Gasteiger partial charge in [0.15, 0.2) is 0 Å². The fourth-order valence-corrected chi connectivity index (χ4v) is 6.22. The van der Waals surface area contributed by atoms with Crippen molar-refractivity contribution in [2.75, 3.05) is 78.5 Å². The standard InChI is InChI=1S/C14H26N2O2.C10H20N2O2.C9H18N2.C4H6O/c1-14(2,3)18-13(17)16-9-5-8-15(10-11-16)12-6-4-7-12;1-10(2,3)14-9(13)12-7-4-5-11-6-8-12;1-3-9(4-1)11-7-2-5-10-6-8-11;5-4-2-1-3-4/h12H,4-11H2,1-3H3;11H,4-8H2,1-3H3;9-10H,1-8H2;1-3H2. The van der Waals surface area contributed by atoms with Crippen LogP contribution in [-0.4, -0.2) is 139 Å². The van der Waals surface area contributed by atoms with E-state index in [4.69, 9.17) is 9.47 Å². The first-order valence-corrected chi connectivity index (χ1v) is 19.2. The van der Waals surface area contributed by atoms with Gasteiger partial charge in [-0.15, -0.1) is 0 Å². The SMILES string of the molecule is C1CC(N2CCCNCC2)C1.CC(C)(C)OC(=O)N1CCCN(C2CCC2)CC1.CC(C)(C)OC(=O)N1CCCNCC1.O=C1CCC1. The Morgan fingerprint density at radius 1 is 0.542 bits per heavy atom. The van der Waals surface area contributed by atoms with Crippen molar-refractivity contribution in [2.24, 2.45) is 0 Å². The second-order valence-electron chi connectivity index (χ2n) is 16.1. The molecule has 11 nitrogen and oxygen atoms in total. The van der Waals surface area contributed by atoms with Crippen LogP contribution in [0.1, 0.15) is 119 Å². The number of ether oxygens (including phenoxy) is 2. The Morgan fingerprint density at radius 3 is 1.44 bits per heavy atom. The summed E-state index contributed by atoms with van der Waals surface area (Å²) in [6.45, 7) is 23.6. The van der Waals surface area contributed by atoms with Gasteiger partial charge in [-0.3, -0.25) is 14.6 Å². The Morgan fingerprint density at radius 2 is 0.979 bits per heavy atom. The van der Waals surface area contributed by atoms with E-state index in [2.05, 4.69) is 20.4 Å². The van der Waals surface area contributed by atoms with E-state index >= 15 is 0 Å². The molecule has 0 aromatic rings. The number of nitrogens with zero attached hydrogens (tertiary/aromatic N) is 4. The summed E-state index contributed by atoms with van der Waals surface area (Å²) in [6.07, 6.45) is 14.3. The highest BCUT2D eigenvalue weighted by Crippen LogP contribution is 2.26. The van der Waals surface area contributed by atoms with E-state index in [9.17, 15) is 14.4 Å². The minimum atomic E-state index is -0.392. The van der Waals surface area contributed by atoms with Crippen LogP contribution in [0.2, 0.25) is 0 Å². The molecule has 3 aliphatic carbocycles. The van der Waals surface area contributed by atoms with Crippen molar-refractivity contribution < 1.29 is 23.9 Å². The van der Waals surface area contributed by atoms with Gasteiger partial charge in [-0.25, -0.2) is 9.59 Å². The number of amides is 2. The molecule has 3 heterocycles. The lowest BCUT2D eigenvalue weighted by molar-refractivity contribution is -0.123. The third-order valence-electron chi connectivity index (χ3n) is 9.64. The summed E-state index contributed by atoms with van der Waals surface area (Å²) in [7, 11) is 0. The molecule has 6 rings (SSSR count). The number of carbonyl (C=O) groups is 3. The van der Waals surface area contributed by atoms with Gasteiger partial charge in [-0.05, 0) is 113 Å². The Balaban J connectivity index is 0.000000186. The highest BCUT2D eigenvalue weighted by molar-refractivity contribution is 5.83. The predicted octanol–water partition coefficient (Wildman–Crippen LogP) is 5.27. The average molecular weight is 679 g/mol. The van der Waals surface area contributed by atoms with Crippen LogP contribution in [0.3, 0.4) is 0 Å². The number of rotatable bonds is 2. The van der Waals surface area contributed by atoms with Crippen molar-refractivity contribution >= 4 is 18.0 Å². The highest BCUT2D eigenvalue weighted by atomic mass is 16.6. The lowest BCUT2D eigenvalue weighted by atomic mass is 9.91. The maximum Gasteiger partial charge on any atom is 0.410 e. The smallest absolute Gasteiger partial charge is 0.410 e. The summed E-state index contributed by atoms with van der Waals surface area (Å²) in [5.41, 5.74) is -0.784. The van der Waals surface area contributed by atoms with Crippen molar-refractivity contribution in [2.45, 2.75) is 142 Å². The highest BCUT2D eigenvalue weighted by Gasteiger charge is 2.29. The minimum Gasteiger partial charge on any atom is -0.444 e. The molecule has 2 N–H and O–H groups in total. The van der Waals surface area contributed by atoms with Gasteiger partial charge in [0, 0.05) is 83.8 Å². The van der Waals surface area contributed by atoms with E-state index in [1.165, 1.54) is 71.1 Å². The fraction of sp³-hybridized carbons (Fsp3) is 0.919. The monoisotopic (exact) mass is 679 g/mol. The predicted molar refractivity (Wildman–Crippen MR) is 192 cm³/mol. The van der Waals surface area contributed by atoms with Gasteiger partial charge in [-0.2, -0.15) is 0 Å². The largest absolute Gasteiger partial charge is 0.444 e. The van der Waals surface area contributed by atoms with E-state index < -0.39 is 11.2 Å². The second kappa shape index (κ2) is 20.7. The third-order valence-corrected chi connectivity index (χ3v) is 9.64. The summed E-state index contributed by atoms with van der Waals surface area (Å²) in [5, 5.41) is 6.68. The summed E-state index contributed by atoms with van der Waals surface area (Å²) < 4.78 is 10.7. The van der Waals surface area contributed by atoms with Crippen molar-refractivity contribution in [3.05, 3.63) is 0 Å². The van der Waals surface area contributed by atoms with E-state index in [0.29, 0.717) is 5.78 Å². The molecule has 3 aliphatic heterocycles. The lowest BCUT2D eigenvalue weighted by Crippen LogP contribution is -2.43. The number of ketones is 1. The second-order valence-corrected chi connectivity index (χ2v) is 16.1. The quantitative estimate of drug-likeness (QED) is 0.404. The third kappa shape index (κ3) is 16.2. The molecule has 0 spiro atoms. The molecule has 278 valence electrons. The van der Waals surface area contributed by atoms with E-state index in [0.717, 1.165) is 96.5 Å². The van der Waals surface area contributed by atoms with Crippen LogP contribution >= 0.6 is 0 Å². The van der Waals surface area contributed by atoms with Gasteiger partial charge >= 0.3 is 12.2 Å². The van der Waals surface area contributed by atoms with Crippen LogP contribution in [0.5, 0.6) is 0 Å². The molecular weight excluding hydrogens is 608 g/mol. The Labute approximate surface area is 292 Å². The Bertz CT molecular complexity index is 937. The van der Waals surface area contributed by atoms with E-state index in [1.807, 2.05) is 46.4 Å². The maximum absolute atomic E-state index is 12.0. The van der Waals surface area contributed by atoms with Crippen LogP contribution in [0.4, 0.5) is 9.59 Å². The fourth-order valence-electron chi connectivity index (χ4n) is 6.22. The molecule has 0 aromatic carbocycles. The molecule has 3 saturated heterocycles. The minimum absolute atomic E-state index is 0.155. The molecule has 48 heavy (non-hydrogen) atoms. The lowest BCUT2D eigenvalue weighted by Gasteiger charge is -2.36. The number of carbonyl (C=O) groups excluding carboxylic acids is 3. The Hall–Kier alpha value is -1.95. The number of hydrogen-bond acceptors (Lipinski definition) is 9. The molecule has 0 aromatic heterocycles. The summed E-state index contributed by atoms with van der Waals surface area (Å²) in [4.78, 5) is 42.4. The molecule has 0 unspecified atom stereocenters. The van der Waals surface area contributed by atoms with Crippen LogP contribution in [0.15, 0.2) is 0 Å². The number of hydrogen-bond donors (Lipinski definition) is 2. The van der Waals surface area contributed by atoms with Crippen molar-refractivity contribution in [3.63, 3.8) is 0 Å². The number of nitrogens with one attached hydrogen (secondary N) is 2. The van der Waals surface area contributed by atoms with Crippen LogP contribution in [0, 0.1) is 0 Å². The summed E-state index contributed by atoms with van der Waals surface area (Å²) in [6, 6.07) is 1.73. The van der Waals surface area contributed by atoms with Crippen molar-refractivity contribution in [1.29, 1.82) is 0 Å². The molecule has 6 fully saturated rings. The zero-order chi connectivity index (χ0) is 35.0. The molecule has 0 atom stereocenters. The first-order valence-electron chi connectivity index (χ1n) is 19.2. The normalized spacial score (nSPS) is 23.3. The first-order chi connectivity index (χ1) is 22.8. The van der Waals surface area contributed by atoms with Gasteiger partial charge in [0.1, 0.15) is 17.0 Å². The maximum atomic E-state index is 12.0. The van der Waals surface area contributed by atoms with Crippen LogP contribution < -0.4 is 10.6 Å². The number of Topliss-reactive ketones (excluding diaryl/α,β-unsaturated/α-hetero) is 1. The Kier molecular flexibility index (Phi) is 17.4.